The topological polar surface area (TPSA) is 55.7 Å². The van der Waals surface area contributed by atoms with Gasteiger partial charge >= 0.3 is 5.97 Å². The van der Waals surface area contributed by atoms with Gasteiger partial charge in [-0.3, -0.25) is 4.79 Å². The van der Waals surface area contributed by atoms with Gasteiger partial charge in [-0.05, 0) is 12.1 Å². The molecule has 0 N–H and O–H groups in total. The van der Waals surface area contributed by atoms with Crippen LogP contribution in [0.5, 0.6) is 0 Å². The van der Waals surface area contributed by atoms with Gasteiger partial charge in [-0.1, -0.05) is 23.4 Å². The summed E-state index contributed by atoms with van der Waals surface area (Å²) in [5, 5.41) is 3.22. The first-order chi connectivity index (χ1) is 6.70. The van der Waals surface area contributed by atoms with E-state index in [2.05, 4.69) is 9.99 Å². The van der Waals surface area contributed by atoms with E-state index in [0.717, 1.165) is 6.21 Å². The maximum atomic E-state index is 11.2. The minimum absolute atomic E-state index is 0.272. The number of oxime groups is 1. The van der Waals surface area contributed by atoms with Crippen molar-refractivity contribution in [3.05, 3.63) is 35.9 Å². The number of carbonyl (C=O) groups is 2. The van der Waals surface area contributed by atoms with Crippen molar-refractivity contribution in [2.75, 3.05) is 0 Å². The lowest BCUT2D eigenvalue weighted by Crippen LogP contribution is -2.01. The molecule has 0 fully saturated rings. The molecule has 0 aliphatic rings. The standard InChI is InChI=1S/C10H9NO3/c1-8(12)7-11-14-10(13)9-5-3-2-4-6-9/h2-7H,1H3. The van der Waals surface area contributed by atoms with E-state index in [-0.39, 0.29) is 5.78 Å². The van der Waals surface area contributed by atoms with Crippen molar-refractivity contribution in [2.45, 2.75) is 6.92 Å². The minimum Gasteiger partial charge on any atom is -0.313 e. The highest BCUT2D eigenvalue weighted by Crippen LogP contribution is 2.00. The highest BCUT2D eigenvalue weighted by atomic mass is 16.7. The molecule has 0 bridgehead atoms. The molecule has 0 aromatic heterocycles. The van der Waals surface area contributed by atoms with Crippen LogP contribution in [0, 0.1) is 0 Å². The zero-order valence-electron chi connectivity index (χ0n) is 7.64. The summed E-state index contributed by atoms with van der Waals surface area (Å²) in [6.07, 6.45) is 0.945. The summed E-state index contributed by atoms with van der Waals surface area (Å²) >= 11 is 0. The minimum atomic E-state index is -0.580. The second-order valence-electron chi connectivity index (χ2n) is 2.59. The van der Waals surface area contributed by atoms with Gasteiger partial charge in [-0.25, -0.2) is 4.79 Å². The summed E-state index contributed by atoms with van der Waals surface area (Å²) in [6, 6.07) is 8.42. The number of rotatable bonds is 3. The van der Waals surface area contributed by atoms with Crippen molar-refractivity contribution in [2.24, 2.45) is 5.16 Å². The van der Waals surface area contributed by atoms with E-state index < -0.39 is 5.97 Å². The number of benzene rings is 1. The van der Waals surface area contributed by atoms with Gasteiger partial charge in [0.05, 0.1) is 5.56 Å². The van der Waals surface area contributed by atoms with Crippen LogP contribution in [0.2, 0.25) is 0 Å². The number of hydrogen-bond acceptors (Lipinski definition) is 4. The maximum Gasteiger partial charge on any atom is 0.365 e. The quantitative estimate of drug-likeness (QED) is 0.412. The van der Waals surface area contributed by atoms with Crippen molar-refractivity contribution < 1.29 is 14.4 Å². The summed E-state index contributed by atoms with van der Waals surface area (Å²) in [6.45, 7) is 1.32. The predicted molar refractivity (Wildman–Crippen MR) is 51.0 cm³/mol. The molecular formula is C10H9NO3. The van der Waals surface area contributed by atoms with Crippen molar-refractivity contribution in [1.82, 2.24) is 0 Å². The molecule has 0 atom stereocenters. The summed E-state index contributed by atoms with van der Waals surface area (Å²) < 4.78 is 0. The van der Waals surface area contributed by atoms with Gasteiger partial charge in [0.2, 0.25) is 0 Å². The Bertz CT molecular complexity index is 357. The molecule has 0 saturated heterocycles. The summed E-state index contributed by atoms with van der Waals surface area (Å²) in [4.78, 5) is 26.0. The van der Waals surface area contributed by atoms with Crippen molar-refractivity contribution in [3.63, 3.8) is 0 Å². The summed E-state index contributed by atoms with van der Waals surface area (Å²) in [5.74, 6) is -0.853. The SMILES string of the molecule is CC(=O)C=NOC(=O)c1ccccc1. The maximum absolute atomic E-state index is 11.2. The van der Waals surface area contributed by atoms with Crippen LogP contribution in [-0.4, -0.2) is 18.0 Å². The molecule has 0 heterocycles. The fourth-order valence-electron chi connectivity index (χ4n) is 0.775. The van der Waals surface area contributed by atoms with Crippen LogP contribution in [0.15, 0.2) is 35.5 Å². The molecule has 0 spiro atoms. The molecule has 1 aromatic carbocycles. The second-order valence-corrected chi connectivity index (χ2v) is 2.59. The monoisotopic (exact) mass is 191 g/mol. The first-order valence-electron chi connectivity index (χ1n) is 4.00. The van der Waals surface area contributed by atoms with Crippen LogP contribution in [0.25, 0.3) is 0 Å². The molecule has 0 amide bonds. The highest BCUT2D eigenvalue weighted by Gasteiger charge is 2.04. The Morgan fingerprint density at radius 3 is 2.50 bits per heavy atom. The average molecular weight is 191 g/mol. The van der Waals surface area contributed by atoms with Crippen molar-refractivity contribution >= 4 is 18.0 Å². The third-order valence-electron chi connectivity index (χ3n) is 1.38. The van der Waals surface area contributed by atoms with Crippen LogP contribution in [-0.2, 0) is 9.63 Å². The molecular weight excluding hydrogens is 182 g/mol. The Morgan fingerprint density at radius 2 is 1.93 bits per heavy atom. The van der Waals surface area contributed by atoms with Crippen LogP contribution >= 0.6 is 0 Å². The normalized spacial score (nSPS) is 10.1. The Balaban J connectivity index is 2.56. The molecule has 14 heavy (non-hydrogen) atoms. The van der Waals surface area contributed by atoms with Crippen LogP contribution in [0.4, 0.5) is 0 Å². The van der Waals surface area contributed by atoms with Gasteiger partial charge in [-0.2, -0.15) is 0 Å². The molecule has 4 nitrogen and oxygen atoms in total. The van der Waals surface area contributed by atoms with Gasteiger partial charge in [0.15, 0.2) is 5.78 Å². The van der Waals surface area contributed by atoms with E-state index >= 15 is 0 Å². The molecule has 0 aliphatic carbocycles. The predicted octanol–water partition coefficient (Wildman–Crippen LogP) is 1.42. The van der Waals surface area contributed by atoms with E-state index in [0.29, 0.717) is 5.56 Å². The Labute approximate surface area is 81.2 Å². The highest BCUT2D eigenvalue weighted by molar-refractivity contribution is 6.26. The summed E-state index contributed by atoms with van der Waals surface area (Å²) in [7, 11) is 0. The van der Waals surface area contributed by atoms with Crippen LogP contribution in [0.1, 0.15) is 17.3 Å². The number of hydrogen-bond donors (Lipinski definition) is 0. The third-order valence-corrected chi connectivity index (χ3v) is 1.38. The third kappa shape index (κ3) is 3.18. The van der Waals surface area contributed by atoms with Gasteiger partial charge < -0.3 is 4.84 Å². The Hall–Kier alpha value is -1.97. The lowest BCUT2D eigenvalue weighted by Gasteiger charge is -1.95. The van der Waals surface area contributed by atoms with Crippen molar-refractivity contribution in [3.8, 4) is 0 Å². The first kappa shape index (κ1) is 10.1. The summed E-state index contributed by atoms with van der Waals surface area (Å²) in [5.41, 5.74) is 0.396. The number of carbonyl (C=O) groups excluding carboxylic acids is 2. The van der Waals surface area contributed by atoms with Crippen LogP contribution in [0.3, 0.4) is 0 Å². The molecule has 1 aromatic rings. The average Bonchev–Trinajstić information content (AvgIpc) is 2.18. The van der Waals surface area contributed by atoms with E-state index in [1.165, 1.54) is 6.92 Å². The fourth-order valence-corrected chi connectivity index (χ4v) is 0.775. The zero-order chi connectivity index (χ0) is 10.4. The molecule has 0 radical (unpaired) electrons. The molecule has 0 unspecified atom stereocenters. The Morgan fingerprint density at radius 1 is 1.29 bits per heavy atom. The smallest absolute Gasteiger partial charge is 0.313 e. The van der Waals surface area contributed by atoms with Gasteiger partial charge in [0.1, 0.15) is 6.21 Å². The number of Topliss-reactive ketones (excluding diaryl/α,β-unsaturated/α-hetero) is 1. The Kier molecular flexibility index (Phi) is 3.55. The lowest BCUT2D eigenvalue weighted by molar-refractivity contribution is -0.110. The van der Waals surface area contributed by atoms with Crippen LogP contribution < -0.4 is 0 Å². The van der Waals surface area contributed by atoms with Crippen molar-refractivity contribution in [1.29, 1.82) is 0 Å². The van der Waals surface area contributed by atoms with E-state index in [1.54, 1.807) is 30.3 Å². The number of ketones is 1. The second kappa shape index (κ2) is 4.91. The number of nitrogens with zero attached hydrogens (tertiary/aromatic N) is 1. The lowest BCUT2D eigenvalue weighted by atomic mass is 10.2. The van der Waals surface area contributed by atoms with Gasteiger partial charge in [0.25, 0.3) is 0 Å². The van der Waals surface area contributed by atoms with E-state index in [4.69, 9.17) is 0 Å². The molecule has 1 rings (SSSR count). The zero-order valence-corrected chi connectivity index (χ0v) is 7.64. The largest absolute Gasteiger partial charge is 0.365 e. The fraction of sp³-hybridized carbons (Fsp3) is 0.100. The van der Waals surface area contributed by atoms with E-state index in [1.807, 2.05) is 0 Å². The van der Waals surface area contributed by atoms with Gasteiger partial charge in [-0.15, -0.1) is 0 Å². The van der Waals surface area contributed by atoms with Gasteiger partial charge in [0, 0.05) is 6.92 Å². The first-order valence-corrected chi connectivity index (χ1v) is 4.00. The molecule has 4 heteroatoms. The molecule has 72 valence electrons. The molecule has 0 saturated carbocycles. The van der Waals surface area contributed by atoms with E-state index in [9.17, 15) is 9.59 Å². The molecule has 0 aliphatic heterocycles.